The first-order chi connectivity index (χ1) is 16.1. The van der Waals surface area contributed by atoms with E-state index < -0.39 is 6.04 Å². The highest BCUT2D eigenvalue weighted by molar-refractivity contribution is 7.10. The van der Waals surface area contributed by atoms with Crippen LogP contribution in [0.1, 0.15) is 17.8 Å². The Morgan fingerprint density at radius 1 is 1.12 bits per heavy atom. The van der Waals surface area contributed by atoms with E-state index in [1.807, 2.05) is 59.7 Å². The number of carbonyl (C=O) groups is 2. The second-order valence-corrected chi connectivity index (χ2v) is 9.11. The molecule has 0 spiro atoms. The number of rotatable bonds is 7. The predicted octanol–water partition coefficient (Wildman–Crippen LogP) is 5.10. The maximum Gasteiger partial charge on any atom is 0.251 e. The summed E-state index contributed by atoms with van der Waals surface area (Å²) in [5.74, 6) is 0.698. The minimum absolute atomic E-state index is 0. The van der Waals surface area contributed by atoms with Crippen molar-refractivity contribution in [2.24, 2.45) is 0 Å². The zero-order valence-corrected chi connectivity index (χ0v) is 21.1. The molecule has 0 bridgehead atoms. The zero-order chi connectivity index (χ0) is 23.2. The van der Waals surface area contributed by atoms with Gasteiger partial charge in [0, 0.05) is 36.2 Å². The molecule has 1 aliphatic heterocycles. The lowest BCUT2D eigenvalue weighted by Gasteiger charge is -2.37. The number of anilines is 1. The van der Waals surface area contributed by atoms with Gasteiger partial charge in [-0.25, -0.2) is 0 Å². The molecule has 1 N–H and O–H groups in total. The molecule has 1 fully saturated rings. The van der Waals surface area contributed by atoms with Gasteiger partial charge in [0.2, 0.25) is 5.91 Å². The maximum atomic E-state index is 13.7. The minimum Gasteiger partial charge on any atom is -0.457 e. The lowest BCUT2D eigenvalue weighted by molar-refractivity contribution is -0.135. The SMILES string of the molecule is C[C@H]1CN(C(=O)C(c2cccs2)N(C(=O)CCl)c2ccc(Oc3ccccc3)cc2)CCN1.Cl. The topological polar surface area (TPSA) is 61.9 Å². The first-order valence-electron chi connectivity index (χ1n) is 10.8. The van der Waals surface area contributed by atoms with E-state index in [-0.39, 0.29) is 36.1 Å². The van der Waals surface area contributed by atoms with E-state index >= 15 is 0 Å². The summed E-state index contributed by atoms with van der Waals surface area (Å²) in [5.41, 5.74) is 0.594. The molecule has 1 aromatic heterocycles. The van der Waals surface area contributed by atoms with Gasteiger partial charge in [-0.15, -0.1) is 35.3 Å². The van der Waals surface area contributed by atoms with Crippen LogP contribution in [0.3, 0.4) is 0 Å². The van der Waals surface area contributed by atoms with Crippen molar-refractivity contribution >= 4 is 52.8 Å². The van der Waals surface area contributed by atoms with Crippen LogP contribution >= 0.6 is 35.3 Å². The van der Waals surface area contributed by atoms with Gasteiger partial charge in [-0.05, 0) is 54.8 Å². The average molecular weight is 520 g/mol. The number of alkyl halides is 1. The number of carbonyl (C=O) groups excluding carboxylic acids is 2. The number of nitrogens with zero attached hydrogens (tertiary/aromatic N) is 2. The third-order valence-electron chi connectivity index (χ3n) is 5.46. The van der Waals surface area contributed by atoms with E-state index in [0.717, 1.165) is 17.2 Å². The van der Waals surface area contributed by atoms with Crippen LogP contribution in [0.2, 0.25) is 0 Å². The number of thiophene rings is 1. The molecule has 2 amide bonds. The van der Waals surface area contributed by atoms with E-state index in [9.17, 15) is 9.59 Å². The Kier molecular flexibility index (Phi) is 9.36. The van der Waals surface area contributed by atoms with Gasteiger partial charge in [0.25, 0.3) is 5.91 Å². The van der Waals surface area contributed by atoms with Crippen molar-refractivity contribution < 1.29 is 14.3 Å². The number of halogens is 2. The number of benzene rings is 2. The molecule has 0 radical (unpaired) electrons. The molecule has 1 saturated heterocycles. The Balaban J connectivity index is 0.00000324. The normalized spacial score (nSPS) is 16.3. The van der Waals surface area contributed by atoms with Crippen molar-refractivity contribution in [1.82, 2.24) is 10.2 Å². The van der Waals surface area contributed by atoms with Crippen LogP contribution in [0.15, 0.2) is 72.1 Å². The number of hydrogen-bond acceptors (Lipinski definition) is 5. The van der Waals surface area contributed by atoms with Gasteiger partial charge in [0.15, 0.2) is 0 Å². The Morgan fingerprint density at radius 3 is 2.44 bits per heavy atom. The summed E-state index contributed by atoms with van der Waals surface area (Å²) in [6, 6.07) is 19.8. The molecule has 34 heavy (non-hydrogen) atoms. The third kappa shape index (κ3) is 6.10. The summed E-state index contributed by atoms with van der Waals surface area (Å²) in [5, 5.41) is 5.27. The van der Waals surface area contributed by atoms with E-state index in [2.05, 4.69) is 5.32 Å². The van der Waals surface area contributed by atoms with Crippen LogP contribution in [0.25, 0.3) is 0 Å². The lowest BCUT2D eigenvalue weighted by Crippen LogP contribution is -2.55. The van der Waals surface area contributed by atoms with Gasteiger partial charge in [0.05, 0.1) is 0 Å². The number of amides is 2. The van der Waals surface area contributed by atoms with Gasteiger partial charge in [-0.3, -0.25) is 14.5 Å². The molecule has 2 heterocycles. The Bertz CT molecular complexity index is 1060. The number of para-hydroxylation sites is 1. The molecular weight excluding hydrogens is 493 g/mol. The third-order valence-corrected chi connectivity index (χ3v) is 6.62. The number of ether oxygens (including phenoxy) is 1. The lowest BCUT2D eigenvalue weighted by atomic mass is 10.1. The summed E-state index contributed by atoms with van der Waals surface area (Å²) < 4.78 is 5.88. The first kappa shape index (κ1) is 26.0. The molecular formula is C25H27Cl2N3O3S. The van der Waals surface area contributed by atoms with Crippen LogP contribution < -0.4 is 15.0 Å². The second kappa shape index (κ2) is 12.2. The van der Waals surface area contributed by atoms with Crippen molar-refractivity contribution in [3.8, 4) is 11.5 Å². The first-order valence-corrected chi connectivity index (χ1v) is 12.2. The Hall–Kier alpha value is -2.58. The van der Waals surface area contributed by atoms with E-state index in [4.69, 9.17) is 16.3 Å². The van der Waals surface area contributed by atoms with E-state index in [1.54, 1.807) is 24.3 Å². The summed E-state index contributed by atoms with van der Waals surface area (Å²) in [4.78, 5) is 30.9. The summed E-state index contributed by atoms with van der Waals surface area (Å²) in [6.45, 7) is 3.96. The van der Waals surface area contributed by atoms with E-state index in [1.165, 1.54) is 16.2 Å². The molecule has 4 rings (SSSR count). The number of nitrogens with one attached hydrogen (secondary N) is 1. The number of hydrogen-bond donors (Lipinski definition) is 1. The minimum atomic E-state index is -0.776. The standard InChI is InChI=1S/C25H26ClN3O3S.ClH/c1-18-17-28(14-13-27-18)25(31)24(22-8-5-15-33-22)29(23(30)16-26)19-9-11-21(12-10-19)32-20-6-3-2-4-7-20;/h2-12,15,18,24,27H,13-14,16-17H2,1H3;1H/t18-,24?;/m0./s1. The molecule has 180 valence electrons. The maximum absolute atomic E-state index is 13.7. The van der Waals surface area contributed by atoms with Gasteiger partial charge in [-0.1, -0.05) is 24.3 Å². The number of piperazine rings is 1. The Labute approximate surface area is 214 Å². The molecule has 9 heteroatoms. The summed E-state index contributed by atoms with van der Waals surface area (Å²) in [7, 11) is 0. The van der Waals surface area contributed by atoms with Crippen LogP contribution in [-0.2, 0) is 9.59 Å². The fourth-order valence-corrected chi connectivity index (χ4v) is 4.85. The van der Waals surface area contributed by atoms with E-state index in [0.29, 0.717) is 24.5 Å². The molecule has 0 saturated carbocycles. The van der Waals surface area contributed by atoms with Gasteiger partial charge < -0.3 is 15.0 Å². The molecule has 3 aromatic rings. The quantitative estimate of drug-likeness (QED) is 0.441. The van der Waals surface area contributed by atoms with Crippen LogP contribution in [0.4, 0.5) is 5.69 Å². The van der Waals surface area contributed by atoms with Gasteiger partial charge >= 0.3 is 0 Å². The van der Waals surface area contributed by atoms with Crippen molar-refractivity contribution in [3.05, 3.63) is 77.0 Å². The van der Waals surface area contributed by atoms with Crippen molar-refractivity contribution in [1.29, 1.82) is 0 Å². The zero-order valence-electron chi connectivity index (χ0n) is 18.7. The summed E-state index contributed by atoms with van der Waals surface area (Å²) >= 11 is 7.46. The largest absolute Gasteiger partial charge is 0.457 e. The smallest absolute Gasteiger partial charge is 0.251 e. The van der Waals surface area contributed by atoms with Crippen LogP contribution in [0.5, 0.6) is 11.5 Å². The highest BCUT2D eigenvalue weighted by atomic mass is 35.5. The fourth-order valence-electron chi connectivity index (χ4n) is 3.91. The Morgan fingerprint density at radius 2 is 1.82 bits per heavy atom. The fraction of sp³-hybridized carbons (Fsp3) is 0.280. The average Bonchev–Trinajstić information content (AvgIpc) is 3.37. The molecule has 1 unspecified atom stereocenters. The van der Waals surface area contributed by atoms with Crippen molar-refractivity contribution in [3.63, 3.8) is 0 Å². The molecule has 2 aromatic carbocycles. The van der Waals surface area contributed by atoms with Crippen molar-refractivity contribution in [2.45, 2.75) is 19.0 Å². The molecule has 2 atom stereocenters. The highest BCUT2D eigenvalue weighted by Gasteiger charge is 2.37. The summed E-state index contributed by atoms with van der Waals surface area (Å²) in [6.07, 6.45) is 0. The molecule has 1 aliphatic rings. The molecule has 0 aliphatic carbocycles. The van der Waals surface area contributed by atoms with Crippen molar-refractivity contribution in [2.75, 3.05) is 30.4 Å². The molecule has 6 nitrogen and oxygen atoms in total. The van der Waals surface area contributed by atoms with Gasteiger partial charge in [0.1, 0.15) is 23.4 Å². The highest BCUT2D eigenvalue weighted by Crippen LogP contribution is 2.34. The van der Waals surface area contributed by atoms with Gasteiger partial charge in [-0.2, -0.15) is 0 Å². The predicted molar refractivity (Wildman–Crippen MR) is 140 cm³/mol. The monoisotopic (exact) mass is 519 g/mol. The van der Waals surface area contributed by atoms with Crippen LogP contribution in [-0.4, -0.2) is 48.3 Å². The van der Waals surface area contributed by atoms with Crippen LogP contribution in [0, 0.1) is 0 Å². The second-order valence-electron chi connectivity index (χ2n) is 7.86.